The van der Waals surface area contributed by atoms with E-state index >= 15 is 0 Å². The lowest BCUT2D eigenvalue weighted by Gasteiger charge is -2.16. The molecule has 1 amide bonds. The second kappa shape index (κ2) is 4.82. The SMILES string of the molecule is C=C(C)CN(C)C(=O)c1sc2ccccc2c1N. The number of nitrogens with two attached hydrogens (primary N) is 1. The zero-order valence-electron chi connectivity index (χ0n) is 10.6. The topological polar surface area (TPSA) is 46.3 Å². The number of fused-ring (bicyclic) bond motifs is 1. The average molecular weight is 260 g/mol. The summed E-state index contributed by atoms with van der Waals surface area (Å²) in [5.41, 5.74) is 7.58. The van der Waals surface area contributed by atoms with Crippen molar-refractivity contribution >= 4 is 33.0 Å². The van der Waals surface area contributed by atoms with E-state index in [9.17, 15) is 4.79 Å². The first-order valence-electron chi connectivity index (χ1n) is 5.67. The third-order valence-corrected chi connectivity index (χ3v) is 3.86. The Balaban J connectivity index is 2.39. The molecule has 0 aliphatic rings. The van der Waals surface area contributed by atoms with E-state index in [1.165, 1.54) is 11.3 Å². The van der Waals surface area contributed by atoms with Crippen molar-refractivity contribution in [2.75, 3.05) is 19.3 Å². The highest BCUT2D eigenvalue weighted by Crippen LogP contribution is 2.34. The molecule has 2 rings (SSSR count). The Morgan fingerprint density at radius 2 is 2.11 bits per heavy atom. The molecule has 3 nitrogen and oxygen atoms in total. The van der Waals surface area contributed by atoms with E-state index in [4.69, 9.17) is 5.73 Å². The van der Waals surface area contributed by atoms with E-state index in [0.717, 1.165) is 15.7 Å². The van der Waals surface area contributed by atoms with E-state index in [-0.39, 0.29) is 5.91 Å². The Kier molecular flexibility index (Phi) is 3.39. The van der Waals surface area contributed by atoms with Gasteiger partial charge in [-0.1, -0.05) is 30.4 Å². The molecule has 0 aliphatic heterocycles. The zero-order valence-corrected chi connectivity index (χ0v) is 11.4. The molecule has 2 aromatic rings. The minimum absolute atomic E-state index is 0.0447. The second-order valence-corrected chi connectivity index (χ2v) is 5.51. The summed E-state index contributed by atoms with van der Waals surface area (Å²) in [5.74, 6) is -0.0447. The number of carbonyl (C=O) groups excluding carboxylic acids is 1. The average Bonchev–Trinajstić information content (AvgIpc) is 2.66. The minimum atomic E-state index is -0.0447. The van der Waals surface area contributed by atoms with Crippen LogP contribution in [-0.2, 0) is 0 Å². The number of anilines is 1. The predicted molar refractivity (Wildman–Crippen MR) is 78.0 cm³/mol. The summed E-state index contributed by atoms with van der Waals surface area (Å²) in [7, 11) is 1.76. The van der Waals surface area contributed by atoms with Crippen LogP contribution in [0.3, 0.4) is 0 Å². The molecule has 1 heterocycles. The van der Waals surface area contributed by atoms with Crippen LogP contribution >= 0.6 is 11.3 Å². The number of hydrogen-bond donors (Lipinski definition) is 1. The maximum absolute atomic E-state index is 12.3. The monoisotopic (exact) mass is 260 g/mol. The van der Waals surface area contributed by atoms with Gasteiger partial charge in [0.2, 0.25) is 0 Å². The van der Waals surface area contributed by atoms with Crippen LogP contribution in [0.1, 0.15) is 16.6 Å². The molecule has 0 fully saturated rings. The molecule has 0 saturated carbocycles. The summed E-state index contributed by atoms with van der Waals surface area (Å²) in [6.07, 6.45) is 0. The van der Waals surface area contributed by atoms with E-state index < -0.39 is 0 Å². The van der Waals surface area contributed by atoms with Crippen LogP contribution in [0.5, 0.6) is 0 Å². The van der Waals surface area contributed by atoms with Crippen molar-refractivity contribution in [3.8, 4) is 0 Å². The van der Waals surface area contributed by atoms with Gasteiger partial charge in [-0.3, -0.25) is 4.79 Å². The lowest BCUT2D eigenvalue weighted by Crippen LogP contribution is -2.27. The van der Waals surface area contributed by atoms with Crippen LogP contribution in [0.4, 0.5) is 5.69 Å². The molecule has 1 aromatic carbocycles. The Hall–Kier alpha value is -1.81. The molecule has 0 atom stereocenters. The summed E-state index contributed by atoms with van der Waals surface area (Å²) in [5, 5.41) is 0.953. The zero-order chi connectivity index (χ0) is 13.3. The summed E-state index contributed by atoms with van der Waals surface area (Å²) in [6, 6.07) is 7.80. The molecule has 0 bridgehead atoms. The highest BCUT2D eigenvalue weighted by Gasteiger charge is 2.19. The number of hydrogen-bond acceptors (Lipinski definition) is 3. The summed E-state index contributed by atoms with van der Waals surface area (Å²) in [6.45, 7) is 6.26. The number of nitrogens with zero attached hydrogens (tertiary/aromatic N) is 1. The van der Waals surface area contributed by atoms with Gasteiger partial charge >= 0.3 is 0 Å². The molecule has 1 aromatic heterocycles. The molecule has 4 heteroatoms. The normalized spacial score (nSPS) is 10.6. The molecule has 94 valence electrons. The number of carbonyl (C=O) groups is 1. The van der Waals surface area contributed by atoms with Crippen LogP contribution < -0.4 is 5.73 Å². The van der Waals surface area contributed by atoms with Gasteiger partial charge in [0.15, 0.2) is 0 Å². The number of amides is 1. The van der Waals surface area contributed by atoms with Gasteiger partial charge < -0.3 is 10.6 Å². The fourth-order valence-electron chi connectivity index (χ4n) is 1.87. The predicted octanol–water partition coefficient (Wildman–Crippen LogP) is 3.13. The van der Waals surface area contributed by atoms with Crippen molar-refractivity contribution in [1.29, 1.82) is 0 Å². The molecular weight excluding hydrogens is 244 g/mol. The minimum Gasteiger partial charge on any atom is -0.397 e. The van der Waals surface area contributed by atoms with Crippen LogP contribution in [0, 0.1) is 0 Å². The quantitative estimate of drug-likeness (QED) is 0.862. The van der Waals surface area contributed by atoms with Gasteiger partial charge in [-0.2, -0.15) is 0 Å². The van der Waals surface area contributed by atoms with E-state index in [0.29, 0.717) is 17.1 Å². The largest absolute Gasteiger partial charge is 0.397 e. The Labute approximate surface area is 111 Å². The van der Waals surface area contributed by atoms with Gasteiger partial charge in [-0.05, 0) is 13.0 Å². The number of rotatable bonds is 3. The number of benzene rings is 1. The summed E-state index contributed by atoms with van der Waals surface area (Å²) >= 11 is 1.44. The summed E-state index contributed by atoms with van der Waals surface area (Å²) < 4.78 is 1.04. The van der Waals surface area contributed by atoms with Gasteiger partial charge in [-0.15, -0.1) is 11.3 Å². The third-order valence-electron chi connectivity index (χ3n) is 2.68. The highest BCUT2D eigenvalue weighted by molar-refractivity contribution is 7.21. The standard InChI is InChI=1S/C14H16N2OS/c1-9(2)8-16(3)14(17)13-12(15)10-6-4-5-7-11(10)18-13/h4-7H,1,8,15H2,2-3H3. The number of likely N-dealkylation sites (N-methyl/N-ethyl adjacent to an activating group) is 1. The molecule has 0 radical (unpaired) electrons. The Morgan fingerprint density at radius 3 is 2.72 bits per heavy atom. The molecule has 0 spiro atoms. The maximum atomic E-state index is 12.3. The molecule has 0 saturated heterocycles. The Morgan fingerprint density at radius 1 is 1.44 bits per heavy atom. The fraction of sp³-hybridized carbons (Fsp3) is 0.214. The first kappa shape index (κ1) is 12.6. The number of thiophene rings is 1. The third kappa shape index (κ3) is 2.24. The second-order valence-electron chi connectivity index (χ2n) is 4.46. The maximum Gasteiger partial charge on any atom is 0.266 e. The Bertz CT molecular complexity index is 615. The van der Waals surface area contributed by atoms with Crippen molar-refractivity contribution in [3.05, 3.63) is 41.3 Å². The fourth-order valence-corrected chi connectivity index (χ4v) is 2.99. The van der Waals surface area contributed by atoms with Crippen LogP contribution in [0.25, 0.3) is 10.1 Å². The van der Waals surface area contributed by atoms with Gasteiger partial charge in [0.1, 0.15) is 4.88 Å². The van der Waals surface area contributed by atoms with Crippen molar-refractivity contribution in [2.45, 2.75) is 6.92 Å². The highest BCUT2D eigenvalue weighted by atomic mass is 32.1. The van der Waals surface area contributed by atoms with Gasteiger partial charge in [0.25, 0.3) is 5.91 Å². The molecule has 2 N–H and O–H groups in total. The van der Waals surface area contributed by atoms with Gasteiger partial charge in [0.05, 0.1) is 5.69 Å². The molecular formula is C14H16N2OS. The molecule has 0 aliphatic carbocycles. The first-order chi connectivity index (χ1) is 8.50. The number of nitrogen functional groups attached to an aromatic ring is 1. The lowest BCUT2D eigenvalue weighted by atomic mass is 10.2. The van der Waals surface area contributed by atoms with E-state index in [1.807, 2.05) is 31.2 Å². The van der Waals surface area contributed by atoms with Crippen molar-refractivity contribution in [2.24, 2.45) is 0 Å². The van der Waals surface area contributed by atoms with Crippen molar-refractivity contribution < 1.29 is 4.79 Å². The first-order valence-corrected chi connectivity index (χ1v) is 6.49. The van der Waals surface area contributed by atoms with Crippen molar-refractivity contribution in [3.63, 3.8) is 0 Å². The van der Waals surface area contributed by atoms with Gasteiger partial charge in [-0.25, -0.2) is 0 Å². The van der Waals surface area contributed by atoms with E-state index in [2.05, 4.69) is 6.58 Å². The smallest absolute Gasteiger partial charge is 0.266 e. The van der Waals surface area contributed by atoms with Crippen LogP contribution in [-0.4, -0.2) is 24.4 Å². The van der Waals surface area contributed by atoms with E-state index in [1.54, 1.807) is 11.9 Å². The molecule has 0 unspecified atom stereocenters. The molecule has 18 heavy (non-hydrogen) atoms. The summed E-state index contributed by atoms with van der Waals surface area (Å²) in [4.78, 5) is 14.5. The van der Waals surface area contributed by atoms with Crippen LogP contribution in [0.15, 0.2) is 36.4 Å². The van der Waals surface area contributed by atoms with Crippen molar-refractivity contribution in [1.82, 2.24) is 4.90 Å². The van der Waals surface area contributed by atoms with Crippen LogP contribution in [0.2, 0.25) is 0 Å². The van der Waals surface area contributed by atoms with Gasteiger partial charge in [0, 0.05) is 23.7 Å². The lowest BCUT2D eigenvalue weighted by molar-refractivity contribution is 0.0812.